The molecular formula is C16H27N. The van der Waals surface area contributed by atoms with E-state index in [-0.39, 0.29) is 6.04 Å². The van der Waals surface area contributed by atoms with Crippen molar-refractivity contribution >= 4 is 0 Å². The predicted molar refractivity (Wildman–Crippen MR) is 78.9 cm³/mol. The third-order valence-corrected chi connectivity index (χ3v) is 2.72. The van der Waals surface area contributed by atoms with Crippen molar-refractivity contribution in [3.8, 4) is 0 Å². The maximum absolute atomic E-state index is 4.11. The first-order valence-corrected chi connectivity index (χ1v) is 6.38. The first-order chi connectivity index (χ1) is 7.93. The van der Waals surface area contributed by atoms with E-state index < -0.39 is 0 Å². The van der Waals surface area contributed by atoms with Crippen LogP contribution in [0.25, 0.3) is 0 Å². The second-order valence-corrected chi connectivity index (χ2v) is 4.75. The number of hydrogen-bond donors (Lipinski definition) is 1. The van der Waals surface area contributed by atoms with E-state index in [1.54, 1.807) is 0 Å². The molecule has 0 spiro atoms. The van der Waals surface area contributed by atoms with Crippen molar-refractivity contribution in [2.75, 3.05) is 0 Å². The van der Waals surface area contributed by atoms with Gasteiger partial charge in [-0.3, -0.25) is 0 Å². The molecule has 0 aromatic carbocycles. The zero-order valence-electron chi connectivity index (χ0n) is 12.0. The first kappa shape index (κ1) is 15.8. The van der Waals surface area contributed by atoms with Crippen LogP contribution in [0.15, 0.2) is 48.2 Å². The van der Waals surface area contributed by atoms with Crippen LogP contribution in [0.4, 0.5) is 0 Å². The van der Waals surface area contributed by atoms with Crippen molar-refractivity contribution in [2.45, 2.75) is 47.1 Å². The Morgan fingerprint density at radius 1 is 1.29 bits per heavy atom. The normalized spacial score (nSPS) is 14.1. The molecule has 0 bridgehead atoms. The van der Waals surface area contributed by atoms with Crippen molar-refractivity contribution in [3.63, 3.8) is 0 Å². The summed E-state index contributed by atoms with van der Waals surface area (Å²) in [6, 6.07) is 0.285. The van der Waals surface area contributed by atoms with Gasteiger partial charge in [-0.15, -0.1) is 0 Å². The molecule has 0 aliphatic heterocycles. The van der Waals surface area contributed by atoms with E-state index in [0.29, 0.717) is 5.92 Å². The van der Waals surface area contributed by atoms with Crippen molar-refractivity contribution < 1.29 is 0 Å². The zero-order valence-corrected chi connectivity index (χ0v) is 12.0. The second kappa shape index (κ2) is 7.94. The molecule has 1 nitrogen and oxygen atoms in total. The van der Waals surface area contributed by atoms with Crippen LogP contribution in [0.3, 0.4) is 0 Å². The third kappa shape index (κ3) is 5.58. The fourth-order valence-electron chi connectivity index (χ4n) is 1.75. The molecule has 0 saturated heterocycles. The quantitative estimate of drug-likeness (QED) is 0.500. The average molecular weight is 233 g/mol. The van der Waals surface area contributed by atoms with Crippen molar-refractivity contribution in [2.24, 2.45) is 5.92 Å². The van der Waals surface area contributed by atoms with Gasteiger partial charge in [0, 0.05) is 11.7 Å². The van der Waals surface area contributed by atoms with Gasteiger partial charge < -0.3 is 5.32 Å². The molecule has 0 heterocycles. The van der Waals surface area contributed by atoms with E-state index in [4.69, 9.17) is 0 Å². The smallest absolute Gasteiger partial charge is 0.0491 e. The fourth-order valence-corrected chi connectivity index (χ4v) is 1.75. The Bertz CT molecular complexity index is 318. The number of allylic oxidation sites excluding steroid dienone is 3. The Labute approximate surface area is 107 Å². The van der Waals surface area contributed by atoms with Crippen LogP contribution >= 0.6 is 0 Å². The van der Waals surface area contributed by atoms with E-state index in [9.17, 15) is 0 Å². The summed E-state index contributed by atoms with van der Waals surface area (Å²) >= 11 is 0. The topological polar surface area (TPSA) is 12.0 Å². The molecule has 0 saturated carbocycles. The molecule has 1 N–H and O–H groups in total. The molecule has 96 valence electrons. The minimum Gasteiger partial charge on any atom is -0.378 e. The van der Waals surface area contributed by atoms with Gasteiger partial charge in [0.1, 0.15) is 0 Å². The molecule has 0 aliphatic carbocycles. The monoisotopic (exact) mass is 233 g/mol. The van der Waals surface area contributed by atoms with E-state index in [1.165, 1.54) is 0 Å². The Morgan fingerprint density at radius 3 is 2.24 bits per heavy atom. The van der Waals surface area contributed by atoms with Crippen LogP contribution in [-0.4, -0.2) is 6.04 Å². The number of rotatable bonds is 7. The summed E-state index contributed by atoms with van der Waals surface area (Å²) in [6.45, 7) is 18.8. The zero-order chi connectivity index (χ0) is 13.4. The summed E-state index contributed by atoms with van der Waals surface area (Å²) in [5.41, 5.74) is 3.27. The molecule has 1 unspecified atom stereocenters. The van der Waals surface area contributed by atoms with Gasteiger partial charge in [0.15, 0.2) is 0 Å². The minimum absolute atomic E-state index is 0.285. The van der Waals surface area contributed by atoms with Gasteiger partial charge in [-0.25, -0.2) is 0 Å². The van der Waals surface area contributed by atoms with Crippen LogP contribution in [0.2, 0.25) is 0 Å². The summed E-state index contributed by atoms with van der Waals surface area (Å²) in [6.07, 6.45) is 7.38. The lowest BCUT2D eigenvalue weighted by Gasteiger charge is -2.25. The van der Waals surface area contributed by atoms with Crippen LogP contribution < -0.4 is 5.32 Å². The summed E-state index contributed by atoms with van der Waals surface area (Å²) in [5, 5.41) is 3.46. The summed E-state index contributed by atoms with van der Waals surface area (Å²) in [5.74, 6) is 0.512. The molecule has 0 radical (unpaired) electrons. The molecule has 1 atom stereocenters. The van der Waals surface area contributed by atoms with Gasteiger partial charge in [-0.1, -0.05) is 57.7 Å². The molecule has 0 rings (SSSR count). The molecule has 0 aliphatic rings. The Morgan fingerprint density at radius 2 is 1.88 bits per heavy atom. The third-order valence-electron chi connectivity index (χ3n) is 2.72. The SMILES string of the molecule is C=C(NC(C(=C)C)C(C)C)C(/C=C\CC)=C/C. The molecule has 0 amide bonds. The van der Waals surface area contributed by atoms with Gasteiger partial charge in [-0.2, -0.15) is 0 Å². The molecule has 1 heteroatoms. The highest BCUT2D eigenvalue weighted by atomic mass is 14.9. The van der Waals surface area contributed by atoms with Gasteiger partial charge >= 0.3 is 0 Å². The Hall–Kier alpha value is -1.24. The van der Waals surface area contributed by atoms with Crippen LogP contribution in [0.5, 0.6) is 0 Å². The van der Waals surface area contributed by atoms with E-state index in [1.807, 2.05) is 6.92 Å². The van der Waals surface area contributed by atoms with Gasteiger partial charge in [0.2, 0.25) is 0 Å². The second-order valence-electron chi connectivity index (χ2n) is 4.75. The van der Waals surface area contributed by atoms with Crippen molar-refractivity contribution in [3.05, 3.63) is 48.2 Å². The minimum atomic E-state index is 0.285. The lowest BCUT2D eigenvalue weighted by molar-refractivity contribution is 0.486. The van der Waals surface area contributed by atoms with Gasteiger partial charge in [0.05, 0.1) is 0 Å². The summed E-state index contributed by atoms with van der Waals surface area (Å²) in [4.78, 5) is 0. The maximum atomic E-state index is 4.11. The predicted octanol–water partition coefficient (Wildman–Crippen LogP) is 4.60. The van der Waals surface area contributed by atoms with Crippen LogP contribution in [0.1, 0.15) is 41.0 Å². The van der Waals surface area contributed by atoms with E-state index in [2.05, 4.69) is 64.4 Å². The first-order valence-electron chi connectivity index (χ1n) is 6.38. The van der Waals surface area contributed by atoms with Gasteiger partial charge in [0.25, 0.3) is 0 Å². The van der Waals surface area contributed by atoms with Crippen molar-refractivity contribution in [1.29, 1.82) is 0 Å². The van der Waals surface area contributed by atoms with Crippen LogP contribution in [-0.2, 0) is 0 Å². The molecular weight excluding hydrogens is 206 g/mol. The Kier molecular flexibility index (Phi) is 7.36. The number of hydrogen-bond acceptors (Lipinski definition) is 1. The fraction of sp³-hybridized carbons (Fsp3) is 0.500. The molecule has 0 aromatic rings. The highest BCUT2D eigenvalue weighted by molar-refractivity contribution is 5.37. The molecule has 0 aromatic heterocycles. The molecule has 17 heavy (non-hydrogen) atoms. The van der Waals surface area contributed by atoms with Crippen LogP contribution in [0, 0.1) is 5.92 Å². The summed E-state index contributed by atoms with van der Waals surface area (Å²) in [7, 11) is 0. The Balaban J connectivity index is 4.71. The van der Waals surface area contributed by atoms with Gasteiger partial charge in [-0.05, 0) is 31.8 Å². The van der Waals surface area contributed by atoms with E-state index >= 15 is 0 Å². The van der Waals surface area contributed by atoms with Crippen molar-refractivity contribution in [1.82, 2.24) is 5.32 Å². The standard InChI is InChI=1S/C16H27N/c1-8-10-11-15(9-2)14(7)17-16(12(3)4)13(5)6/h9-11,13,16-17H,3,7-8H2,1-2,4-6H3/b11-10-,15-9+. The van der Waals surface area contributed by atoms with E-state index in [0.717, 1.165) is 23.3 Å². The summed E-state index contributed by atoms with van der Waals surface area (Å²) < 4.78 is 0. The average Bonchev–Trinajstić information content (AvgIpc) is 2.26. The maximum Gasteiger partial charge on any atom is 0.0491 e. The lowest BCUT2D eigenvalue weighted by Crippen LogP contribution is -2.34. The molecule has 0 fully saturated rings. The highest BCUT2D eigenvalue weighted by Crippen LogP contribution is 2.15. The highest BCUT2D eigenvalue weighted by Gasteiger charge is 2.14. The largest absolute Gasteiger partial charge is 0.378 e. The number of nitrogens with one attached hydrogen (secondary N) is 1. The lowest BCUT2D eigenvalue weighted by atomic mass is 9.97.